The van der Waals surface area contributed by atoms with Crippen molar-refractivity contribution in [1.29, 1.82) is 0 Å². The Bertz CT molecular complexity index is 806. The van der Waals surface area contributed by atoms with Crippen LogP contribution in [0.4, 0.5) is 0 Å². The van der Waals surface area contributed by atoms with E-state index in [-0.39, 0.29) is 35.7 Å². The van der Waals surface area contributed by atoms with Crippen molar-refractivity contribution in [2.75, 3.05) is 12.4 Å². The highest BCUT2D eigenvalue weighted by molar-refractivity contribution is 8.77. The number of rotatable bonds is 10. The maximum Gasteiger partial charge on any atom is 0.305 e. The van der Waals surface area contributed by atoms with E-state index < -0.39 is 12.2 Å². The second-order valence-electron chi connectivity index (χ2n) is 10.7. The van der Waals surface area contributed by atoms with E-state index in [1.54, 1.807) is 12.5 Å². The first-order valence-electron chi connectivity index (χ1n) is 12.9. The number of aliphatic hydroxyl groups excluding tert-OH is 2. The van der Waals surface area contributed by atoms with Gasteiger partial charge in [0, 0.05) is 23.3 Å². The van der Waals surface area contributed by atoms with Crippen LogP contribution in [-0.2, 0) is 16.0 Å². The van der Waals surface area contributed by atoms with Crippen LogP contribution in [0.2, 0.25) is 0 Å². The summed E-state index contributed by atoms with van der Waals surface area (Å²) in [6, 6.07) is 2.00. The van der Waals surface area contributed by atoms with Crippen molar-refractivity contribution in [3.8, 4) is 0 Å². The van der Waals surface area contributed by atoms with Crippen molar-refractivity contribution in [3.63, 3.8) is 0 Å². The van der Waals surface area contributed by atoms with Crippen LogP contribution >= 0.6 is 21.6 Å². The van der Waals surface area contributed by atoms with Gasteiger partial charge in [0.05, 0.1) is 31.3 Å². The first-order valence-corrected chi connectivity index (χ1v) is 15.3. The quantitative estimate of drug-likeness (QED) is 0.179. The molecule has 1 aromatic rings. The van der Waals surface area contributed by atoms with Crippen molar-refractivity contribution in [2.45, 2.75) is 88.6 Å². The summed E-state index contributed by atoms with van der Waals surface area (Å²) in [6.07, 6.45) is 10.8. The van der Waals surface area contributed by atoms with E-state index in [1.165, 1.54) is 29.7 Å². The van der Waals surface area contributed by atoms with E-state index in [0.717, 1.165) is 43.8 Å². The molecule has 0 amide bonds. The van der Waals surface area contributed by atoms with Crippen LogP contribution in [0.25, 0.3) is 0 Å². The lowest BCUT2D eigenvalue weighted by atomic mass is 9.49. The van der Waals surface area contributed by atoms with Gasteiger partial charge in [0.1, 0.15) is 0 Å². The number of aryl methyl sites for hydroxylation is 1. The normalized spacial score (nSPS) is 35.8. The Morgan fingerprint density at radius 3 is 2.88 bits per heavy atom. The highest BCUT2D eigenvalue weighted by Gasteiger charge is 2.55. The Morgan fingerprint density at radius 1 is 1.29 bits per heavy atom. The molecular weight excluding hydrogens is 468 g/mol. The molecule has 0 radical (unpaired) electrons. The van der Waals surface area contributed by atoms with E-state index >= 15 is 0 Å². The Morgan fingerprint density at radius 2 is 2.15 bits per heavy atom. The van der Waals surface area contributed by atoms with Crippen LogP contribution in [0, 0.1) is 23.2 Å². The van der Waals surface area contributed by atoms with Crippen molar-refractivity contribution in [3.05, 3.63) is 36.3 Å². The van der Waals surface area contributed by atoms with Crippen LogP contribution in [0.3, 0.4) is 0 Å². The van der Waals surface area contributed by atoms with Crippen molar-refractivity contribution < 1.29 is 24.2 Å². The van der Waals surface area contributed by atoms with Gasteiger partial charge in [-0.1, -0.05) is 47.1 Å². The number of fused-ring (bicyclic) bond motifs is 1. The Hall–Kier alpha value is -0.890. The fourth-order valence-electron chi connectivity index (χ4n) is 6.62. The van der Waals surface area contributed by atoms with Gasteiger partial charge in [0.2, 0.25) is 0 Å². The molecule has 0 aromatic carbocycles. The van der Waals surface area contributed by atoms with Crippen LogP contribution in [0.5, 0.6) is 0 Å². The molecule has 2 N–H and O–H groups in total. The largest absolute Gasteiger partial charge is 0.472 e. The number of allylic oxidation sites excluding steroid dienone is 1. The average molecular weight is 509 g/mol. The van der Waals surface area contributed by atoms with Crippen LogP contribution < -0.4 is 0 Å². The lowest BCUT2D eigenvalue weighted by Gasteiger charge is -2.57. The van der Waals surface area contributed by atoms with Gasteiger partial charge in [-0.25, -0.2) is 0 Å². The first kappa shape index (κ1) is 26.2. The predicted octanol–water partition coefficient (Wildman–Crippen LogP) is 5.80. The molecule has 190 valence electrons. The van der Waals surface area contributed by atoms with Gasteiger partial charge in [0.25, 0.3) is 0 Å². The van der Waals surface area contributed by atoms with Crippen LogP contribution in [0.15, 0.2) is 35.2 Å². The summed E-state index contributed by atoms with van der Waals surface area (Å²) in [4.78, 5) is 12.5. The summed E-state index contributed by atoms with van der Waals surface area (Å²) in [5, 5.41) is 22.4. The number of carbonyl (C=O) groups is 1. The smallest absolute Gasteiger partial charge is 0.305 e. The monoisotopic (exact) mass is 508 g/mol. The van der Waals surface area contributed by atoms with Crippen molar-refractivity contribution in [1.82, 2.24) is 0 Å². The van der Waals surface area contributed by atoms with Gasteiger partial charge in [-0.05, 0) is 80.2 Å². The molecular formula is C27H40O5S2. The van der Waals surface area contributed by atoms with E-state index in [0.29, 0.717) is 12.8 Å². The third-order valence-corrected chi connectivity index (χ3v) is 11.5. The third-order valence-electron chi connectivity index (χ3n) is 8.53. The predicted molar refractivity (Wildman–Crippen MR) is 138 cm³/mol. The second kappa shape index (κ2) is 11.9. The molecule has 1 aliphatic heterocycles. The SMILES string of the molecule is C=C1CC[C@@H]2[C@H](COC(=O)CCCC[C@@H]3CCSS3)[C@H](O)[C@H](O)C[C@@]2(C)[C@@H]1CCc1ccoc1. The average Bonchev–Trinajstić information content (AvgIpc) is 3.51. The van der Waals surface area contributed by atoms with Gasteiger partial charge < -0.3 is 19.4 Å². The van der Waals surface area contributed by atoms with Gasteiger partial charge in [-0.2, -0.15) is 0 Å². The zero-order chi connectivity index (χ0) is 24.1. The summed E-state index contributed by atoms with van der Waals surface area (Å²) in [5.74, 6) is 1.27. The Balaban J connectivity index is 1.33. The molecule has 1 aromatic heterocycles. The summed E-state index contributed by atoms with van der Waals surface area (Å²) in [6.45, 7) is 6.82. The maximum atomic E-state index is 12.5. The highest BCUT2D eigenvalue weighted by atomic mass is 33.1. The molecule has 2 heterocycles. The minimum atomic E-state index is -0.858. The van der Waals surface area contributed by atoms with Gasteiger partial charge in [0.15, 0.2) is 0 Å². The number of furan rings is 1. The number of unbranched alkanes of at least 4 members (excludes halogenated alkanes) is 1. The van der Waals surface area contributed by atoms with Gasteiger partial charge in [-0.3, -0.25) is 4.79 Å². The van der Waals surface area contributed by atoms with E-state index in [9.17, 15) is 15.0 Å². The molecule has 2 saturated carbocycles. The fraction of sp³-hybridized carbons (Fsp3) is 0.741. The van der Waals surface area contributed by atoms with Gasteiger partial charge in [-0.15, -0.1) is 0 Å². The molecule has 4 rings (SSSR count). The summed E-state index contributed by atoms with van der Waals surface area (Å²) < 4.78 is 10.9. The summed E-state index contributed by atoms with van der Waals surface area (Å²) in [7, 11) is 3.93. The molecule has 5 nitrogen and oxygen atoms in total. The van der Waals surface area contributed by atoms with Gasteiger partial charge >= 0.3 is 5.97 Å². The highest BCUT2D eigenvalue weighted by Crippen LogP contribution is 2.58. The topological polar surface area (TPSA) is 79.9 Å². The third kappa shape index (κ3) is 6.08. The Labute approximate surface area is 211 Å². The first-order chi connectivity index (χ1) is 16.4. The molecule has 1 saturated heterocycles. The zero-order valence-corrected chi connectivity index (χ0v) is 22.0. The molecule has 3 fully saturated rings. The molecule has 7 heteroatoms. The van der Waals surface area contributed by atoms with Crippen LogP contribution in [-0.4, -0.2) is 46.0 Å². The van der Waals surface area contributed by atoms with E-state index in [2.05, 4.69) is 13.5 Å². The number of hydrogen-bond donors (Lipinski definition) is 2. The second-order valence-corrected chi connectivity index (χ2v) is 13.5. The molecule has 7 atom stereocenters. The minimum absolute atomic E-state index is 0.175. The number of esters is 1. The number of hydrogen-bond acceptors (Lipinski definition) is 7. The van der Waals surface area contributed by atoms with Crippen LogP contribution in [0.1, 0.15) is 70.3 Å². The summed E-state index contributed by atoms with van der Waals surface area (Å²) >= 11 is 0. The number of ether oxygens (including phenoxy) is 1. The Kier molecular flexibility index (Phi) is 9.16. The zero-order valence-electron chi connectivity index (χ0n) is 20.3. The van der Waals surface area contributed by atoms with E-state index in [1.807, 2.05) is 27.7 Å². The molecule has 0 spiro atoms. The standard InChI is InChI=1S/C27H40O5S2/c1-18-7-9-23-21(17-32-25(29)6-4-3-5-20-12-14-33-34-20)26(30)24(28)15-27(23,2)22(18)10-8-19-11-13-31-16-19/h11,13,16,20-24,26,28,30H,1,3-10,12,14-15,17H2,2H3/t20-,21+,22-,23-,24-,26+,27+/m1/s1. The molecule has 0 unspecified atom stereocenters. The number of carbonyl (C=O) groups excluding carboxylic acids is 1. The maximum absolute atomic E-state index is 12.5. The summed E-state index contributed by atoms with van der Waals surface area (Å²) in [5.41, 5.74) is 2.23. The van der Waals surface area contributed by atoms with E-state index in [4.69, 9.17) is 9.15 Å². The minimum Gasteiger partial charge on any atom is -0.472 e. The van der Waals surface area contributed by atoms with Crippen molar-refractivity contribution in [2.24, 2.45) is 23.2 Å². The molecule has 2 aliphatic carbocycles. The molecule has 34 heavy (non-hydrogen) atoms. The molecule has 0 bridgehead atoms. The molecule has 3 aliphatic rings. The van der Waals surface area contributed by atoms with Crippen molar-refractivity contribution >= 4 is 27.6 Å². The number of aliphatic hydroxyl groups is 2. The fourth-order valence-corrected chi connectivity index (χ4v) is 9.65. The lowest BCUT2D eigenvalue weighted by Crippen LogP contribution is -2.57. The lowest BCUT2D eigenvalue weighted by molar-refractivity contribution is -0.170.